The Balaban J connectivity index is 2.00. The first-order valence-electron chi connectivity index (χ1n) is 7.44. The number of carbonyl (C=O) groups excluding carboxylic acids is 1. The van der Waals surface area contributed by atoms with Crippen LogP contribution in [-0.4, -0.2) is 52.7 Å². The van der Waals surface area contributed by atoms with Crippen LogP contribution in [-0.2, 0) is 4.74 Å². The number of hydrogen-bond donors (Lipinski definition) is 0. The number of rotatable bonds is 2. The summed E-state index contributed by atoms with van der Waals surface area (Å²) in [5.74, 6) is 0.612. The van der Waals surface area contributed by atoms with Gasteiger partial charge in [-0.1, -0.05) is 11.6 Å². The summed E-state index contributed by atoms with van der Waals surface area (Å²) in [6, 6.07) is 0.169. The number of anilines is 1. The largest absolute Gasteiger partial charge is 0.444 e. The van der Waals surface area contributed by atoms with E-state index in [0.717, 1.165) is 19.4 Å². The van der Waals surface area contributed by atoms with Gasteiger partial charge >= 0.3 is 6.09 Å². The summed E-state index contributed by atoms with van der Waals surface area (Å²) in [5.41, 5.74) is -0.477. The van der Waals surface area contributed by atoms with Crippen molar-refractivity contribution in [2.45, 2.75) is 45.3 Å². The molecule has 1 aromatic rings. The molecule has 0 radical (unpaired) electrons. The molecule has 22 heavy (non-hydrogen) atoms. The third-order valence-electron chi connectivity index (χ3n) is 3.52. The zero-order valence-corrected chi connectivity index (χ0v) is 14.3. The van der Waals surface area contributed by atoms with Crippen LogP contribution >= 0.6 is 11.6 Å². The second-order valence-corrected chi connectivity index (χ2v) is 6.97. The molecule has 0 aliphatic carbocycles. The number of hydrogen-bond acceptors (Lipinski definition) is 5. The van der Waals surface area contributed by atoms with Gasteiger partial charge in [-0.2, -0.15) is 0 Å². The molecule has 1 unspecified atom stereocenters. The van der Waals surface area contributed by atoms with Gasteiger partial charge in [0.2, 0.25) is 5.95 Å². The van der Waals surface area contributed by atoms with E-state index in [9.17, 15) is 4.79 Å². The van der Waals surface area contributed by atoms with E-state index in [1.54, 1.807) is 17.3 Å². The highest BCUT2D eigenvalue weighted by Gasteiger charge is 2.30. The molecule has 0 bridgehead atoms. The molecular formula is C15H23ClN4O2. The highest BCUT2D eigenvalue weighted by atomic mass is 35.5. The predicted octanol–water partition coefficient (Wildman–Crippen LogP) is 2.97. The lowest BCUT2D eigenvalue weighted by molar-refractivity contribution is 0.0199. The number of halogens is 1. The van der Waals surface area contributed by atoms with Crippen LogP contribution in [0.2, 0.25) is 5.02 Å². The van der Waals surface area contributed by atoms with E-state index >= 15 is 0 Å². The molecule has 1 atom stereocenters. The summed E-state index contributed by atoms with van der Waals surface area (Å²) < 4.78 is 5.45. The van der Waals surface area contributed by atoms with Gasteiger partial charge in [-0.05, 0) is 33.6 Å². The van der Waals surface area contributed by atoms with Crippen molar-refractivity contribution in [3.8, 4) is 0 Å². The van der Waals surface area contributed by atoms with Crippen molar-refractivity contribution < 1.29 is 9.53 Å². The highest BCUT2D eigenvalue weighted by Crippen LogP contribution is 2.21. The Bertz CT molecular complexity index is 515. The third kappa shape index (κ3) is 4.47. The first-order chi connectivity index (χ1) is 10.3. The summed E-state index contributed by atoms with van der Waals surface area (Å²) in [6.07, 6.45) is 4.82. The van der Waals surface area contributed by atoms with E-state index in [1.807, 2.05) is 32.7 Å². The zero-order valence-electron chi connectivity index (χ0n) is 13.5. The van der Waals surface area contributed by atoms with Crippen LogP contribution in [0.3, 0.4) is 0 Å². The summed E-state index contributed by atoms with van der Waals surface area (Å²) in [7, 11) is 1.94. The second kappa shape index (κ2) is 6.69. The molecule has 1 aliphatic heterocycles. The molecule has 0 spiro atoms. The number of nitrogens with zero attached hydrogens (tertiary/aromatic N) is 4. The SMILES string of the molecule is CN(c1ncc(Cl)cn1)C1CCCN(C(=O)OC(C)(C)C)C1. The van der Waals surface area contributed by atoms with Crippen molar-refractivity contribution >= 4 is 23.6 Å². The number of ether oxygens (including phenoxy) is 1. The number of likely N-dealkylation sites (tertiary alicyclic amines) is 1. The van der Waals surface area contributed by atoms with Crippen LogP contribution in [0.4, 0.5) is 10.7 Å². The Kier molecular flexibility index (Phi) is 5.11. The molecule has 122 valence electrons. The van der Waals surface area contributed by atoms with Crippen LogP contribution in [0.5, 0.6) is 0 Å². The van der Waals surface area contributed by atoms with Gasteiger partial charge in [-0.25, -0.2) is 14.8 Å². The summed E-state index contributed by atoms with van der Waals surface area (Å²) in [4.78, 5) is 24.4. The molecule has 7 heteroatoms. The van der Waals surface area contributed by atoms with Gasteiger partial charge in [0, 0.05) is 26.2 Å². The fraction of sp³-hybridized carbons (Fsp3) is 0.667. The normalized spacial score (nSPS) is 19.0. The molecule has 0 saturated carbocycles. The van der Waals surface area contributed by atoms with Crippen molar-refractivity contribution in [1.29, 1.82) is 0 Å². The molecule has 0 aromatic carbocycles. The zero-order chi connectivity index (χ0) is 16.3. The molecule has 1 saturated heterocycles. The first-order valence-corrected chi connectivity index (χ1v) is 7.82. The Morgan fingerprint density at radius 3 is 2.64 bits per heavy atom. The molecule has 1 amide bonds. The number of amides is 1. The van der Waals surface area contributed by atoms with Crippen LogP contribution in [0.25, 0.3) is 0 Å². The maximum atomic E-state index is 12.2. The Labute approximate surface area is 136 Å². The van der Waals surface area contributed by atoms with E-state index in [2.05, 4.69) is 9.97 Å². The lowest BCUT2D eigenvalue weighted by atomic mass is 10.1. The second-order valence-electron chi connectivity index (χ2n) is 6.53. The van der Waals surface area contributed by atoms with E-state index in [1.165, 1.54) is 0 Å². The standard InChI is InChI=1S/C15H23ClN4O2/c1-15(2,3)22-14(21)20-7-5-6-12(10-20)19(4)13-17-8-11(16)9-18-13/h8-9,12H,5-7,10H2,1-4H3. The lowest BCUT2D eigenvalue weighted by Gasteiger charge is -2.38. The Hall–Kier alpha value is -1.56. The van der Waals surface area contributed by atoms with Crippen molar-refractivity contribution in [2.24, 2.45) is 0 Å². The van der Waals surface area contributed by atoms with Crippen molar-refractivity contribution in [3.05, 3.63) is 17.4 Å². The van der Waals surface area contributed by atoms with Gasteiger partial charge in [-0.15, -0.1) is 0 Å². The minimum atomic E-state index is -0.477. The van der Waals surface area contributed by atoms with Gasteiger partial charge in [0.25, 0.3) is 0 Å². The lowest BCUT2D eigenvalue weighted by Crippen LogP contribution is -2.50. The van der Waals surface area contributed by atoms with E-state index in [0.29, 0.717) is 17.5 Å². The highest BCUT2D eigenvalue weighted by molar-refractivity contribution is 6.30. The van der Waals surface area contributed by atoms with E-state index < -0.39 is 5.60 Å². The molecule has 1 aromatic heterocycles. The maximum absolute atomic E-state index is 12.2. The van der Waals surface area contributed by atoms with Crippen molar-refractivity contribution in [2.75, 3.05) is 25.0 Å². The molecule has 6 nitrogen and oxygen atoms in total. The number of carbonyl (C=O) groups is 1. The Morgan fingerprint density at radius 1 is 1.41 bits per heavy atom. The predicted molar refractivity (Wildman–Crippen MR) is 86.3 cm³/mol. The number of piperidine rings is 1. The molecule has 2 rings (SSSR count). The monoisotopic (exact) mass is 326 g/mol. The molecule has 2 heterocycles. The first kappa shape index (κ1) is 16.8. The van der Waals surface area contributed by atoms with Gasteiger partial charge in [0.05, 0.1) is 17.4 Å². The van der Waals surface area contributed by atoms with E-state index in [4.69, 9.17) is 16.3 Å². The van der Waals surface area contributed by atoms with Gasteiger partial charge in [0.15, 0.2) is 0 Å². The fourth-order valence-electron chi connectivity index (χ4n) is 2.41. The molecular weight excluding hydrogens is 304 g/mol. The van der Waals surface area contributed by atoms with Gasteiger partial charge in [-0.3, -0.25) is 0 Å². The quantitative estimate of drug-likeness (QED) is 0.836. The minimum Gasteiger partial charge on any atom is -0.444 e. The van der Waals surface area contributed by atoms with Crippen LogP contribution in [0.1, 0.15) is 33.6 Å². The number of likely N-dealkylation sites (N-methyl/N-ethyl adjacent to an activating group) is 1. The van der Waals surface area contributed by atoms with Crippen LogP contribution in [0, 0.1) is 0 Å². The van der Waals surface area contributed by atoms with Crippen LogP contribution in [0.15, 0.2) is 12.4 Å². The van der Waals surface area contributed by atoms with Crippen LogP contribution < -0.4 is 4.90 Å². The maximum Gasteiger partial charge on any atom is 0.410 e. The summed E-state index contributed by atoms with van der Waals surface area (Å²) >= 11 is 5.82. The molecule has 0 N–H and O–H groups in total. The minimum absolute atomic E-state index is 0.169. The van der Waals surface area contributed by atoms with E-state index in [-0.39, 0.29) is 12.1 Å². The number of aromatic nitrogens is 2. The average molecular weight is 327 g/mol. The van der Waals surface area contributed by atoms with Gasteiger partial charge in [0.1, 0.15) is 5.60 Å². The third-order valence-corrected chi connectivity index (χ3v) is 3.71. The Morgan fingerprint density at radius 2 is 2.05 bits per heavy atom. The smallest absolute Gasteiger partial charge is 0.410 e. The van der Waals surface area contributed by atoms with Crippen molar-refractivity contribution in [1.82, 2.24) is 14.9 Å². The summed E-state index contributed by atoms with van der Waals surface area (Å²) in [5, 5.41) is 0.510. The van der Waals surface area contributed by atoms with Gasteiger partial charge < -0.3 is 14.5 Å². The molecule has 1 fully saturated rings. The topological polar surface area (TPSA) is 58.6 Å². The molecule has 1 aliphatic rings. The fourth-order valence-corrected chi connectivity index (χ4v) is 2.51. The average Bonchev–Trinajstić information content (AvgIpc) is 2.46. The van der Waals surface area contributed by atoms with Crippen molar-refractivity contribution in [3.63, 3.8) is 0 Å². The summed E-state index contributed by atoms with van der Waals surface area (Å²) in [6.45, 7) is 6.96.